The average molecular weight is 411 g/mol. The molecule has 0 spiro atoms. The number of rotatable bonds is 4. The number of hydrogen-bond acceptors (Lipinski definition) is 2. The summed E-state index contributed by atoms with van der Waals surface area (Å²) in [5, 5.41) is 10.5. The van der Waals surface area contributed by atoms with E-state index in [2.05, 4.69) is 26.6 Å². The van der Waals surface area contributed by atoms with Crippen LogP contribution in [0.2, 0.25) is 0 Å². The number of nitrogens with zero attached hydrogens (tertiary/aromatic N) is 2. The fourth-order valence-electron chi connectivity index (χ4n) is 2.97. The summed E-state index contributed by atoms with van der Waals surface area (Å²) in [6.45, 7) is 0. The maximum atomic E-state index is 12.4. The van der Waals surface area contributed by atoms with Gasteiger partial charge in [-0.3, -0.25) is 5.32 Å². The second-order valence-corrected chi connectivity index (χ2v) is 7.33. The quantitative estimate of drug-likeness (QED) is 0.592. The largest absolute Gasteiger partial charge is 0.324 e. The molecule has 0 aliphatic heterocycles. The first kappa shape index (κ1) is 16.8. The Labute approximate surface area is 160 Å². The van der Waals surface area contributed by atoms with Crippen molar-refractivity contribution in [2.75, 3.05) is 10.6 Å². The lowest BCUT2D eigenvalue weighted by Crippen LogP contribution is -2.21. The molecule has 0 saturated heterocycles. The third kappa shape index (κ3) is 3.65. The molecule has 1 aliphatic rings. The maximum absolute atomic E-state index is 12.4. The summed E-state index contributed by atoms with van der Waals surface area (Å²) in [7, 11) is 0. The van der Waals surface area contributed by atoms with Crippen molar-refractivity contribution in [3.8, 4) is 5.69 Å². The van der Waals surface area contributed by atoms with Crippen LogP contribution in [-0.4, -0.2) is 15.8 Å². The molecule has 1 aliphatic carbocycles. The molecule has 1 heterocycles. The van der Waals surface area contributed by atoms with Gasteiger partial charge in [0, 0.05) is 22.1 Å². The average Bonchev–Trinajstić information content (AvgIpc) is 2.99. The number of aromatic nitrogens is 2. The third-order valence-electron chi connectivity index (χ3n) is 4.60. The van der Waals surface area contributed by atoms with Crippen molar-refractivity contribution in [2.24, 2.45) is 0 Å². The SMILES string of the molecule is O=C(Nc1ccc(Br)cc1)Nc1cc(C2CCC2)nn1-c1ccccc1. The molecule has 1 aromatic heterocycles. The van der Waals surface area contributed by atoms with E-state index >= 15 is 0 Å². The highest BCUT2D eigenvalue weighted by atomic mass is 79.9. The molecule has 0 bridgehead atoms. The zero-order valence-corrected chi connectivity index (χ0v) is 15.7. The highest BCUT2D eigenvalue weighted by Crippen LogP contribution is 2.37. The molecule has 1 saturated carbocycles. The summed E-state index contributed by atoms with van der Waals surface area (Å²) in [6, 6.07) is 19.0. The minimum absolute atomic E-state index is 0.287. The van der Waals surface area contributed by atoms with E-state index in [9.17, 15) is 4.79 Å². The van der Waals surface area contributed by atoms with Gasteiger partial charge in [0.15, 0.2) is 0 Å². The van der Waals surface area contributed by atoms with Crippen molar-refractivity contribution in [3.63, 3.8) is 0 Å². The number of hydrogen-bond donors (Lipinski definition) is 2. The lowest BCUT2D eigenvalue weighted by atomic mass is 9.83. The van der Waals surface area contributed by atoms with Crippen LogP contribution in [-0.2, 0) is 0 Å². The van der Waals surface area contributed by atoms with Gasteiger partial charge < -0.3 is 5.32 Å². The maximum Gasteiger partial charge on any atom is 0.324 e. The van der Waals surface area contributed by atoms with Crippen LogP contribution in [0.25, 0.3) is 5.69 Å². The molecule has 2 N–H and O–H groups in total. The van der Waals surface area contributed by atoms with Gasteiger partial charge in [0.1, 0.15) is 5.82 Å². The van der Waals surface area contributed by atoms with Gasteiger partial charge in [0.25, 0.3) is 0 Å². The Morgan fingerprint density at radius 2 is 1.77 bits per heavy atom. The summed E-state index contributed by atoms with van der Waals surface area (Å²) in [5.74, 6) is 1.17. The zero-order valence-electron chi connectivity index (χ0n) is 14.2. The fraction of sp³-hybridized carbons (Fsp3) is 0.200. The van der Waals surface area contributed by atoms with E-state index in [0.717, 1.165) is 34.4 Å². The predicted molar refractivity (Wildman–Crippen MR) is 107 cm³/mol. The first-order valence-corrected chi connectivity index (χ1v) is 9.47. The van der Waals surface area contributed by atoms with Crippen molar-refractivity contribution < 1.29 is 4.79 Å². The third-order valence-corrected chi connectivity index (χ3v) is 5.12. The minimum atomic E-state index is -0.287. The van der Waals surface area contributed by atoms with Gasteiger partial charge in [-0.25, -0.2) is 9.48 Å². The number of carbonyl (C=O) groups excluding carboxylic acids is 1. The molecule has 26 heavy (non-hydrogen) atoms. The molecule has 6 heteroatoms. The lowest BCUT2D eigenvalue weighted by molar-refractivity contribution is 0.262. The van der Waals surface area contributed by atoms with Crippen molar-refractivity contribution in [2.45, 2.75) is 25.2 Å². The van der Waals surface area contributed by atoms with E-state index in [4.69, 9.17) is 5.10 Å². The smallest absolute Gasteiger partial charge is 0.308 e. The van der Waals surface area contributed by atoms with Crippen LogP contribution in [0.4, 0.5) is 16.3 Å². The molecule has 5 nitrogen and oxygen atoms in total. The van der Waals surface area contributed by atoms with E-state index in [-0.39, 0.29) is 6.03 Å². The Kier molecular flexibility index (Phi) is 4.75. The first-order valence-electron chi connectivity index (χ1n) is 8.68. The molecular formula is C20H19BrN4O. The van der Waals surface area contributed by atoms with Gasteiger partial charge in [-0.05, 0) is 49.2 Å². The summed E-state index contributed by atoms with van der Waals surface area (Å²) in [5.41, 5.74) is 2.70. The highest BCUT2D eigenvalue weighted by Gasteiger charge is 2.24. The molecule has 1 fully saturated rings. The van der Waals surface area contributed by atoms with Gasteiger partial charge in [-0.1, -0.05) is 40.5 Å². The lowest BCUT2D eigenvalue weighted by Gasteiger charge is -2.22. The van der Waals surface area contributed by atoms with Gasteiger partial charge in [0.2, 0.25) is 0 Å². The topological polar surface area (TPSA) is 59.0 Å². The zero-order chi connectivity index (χ0) is 17.9. The molecule has 3 aromatic rings. The minimum Gasteiger partial charge on any atom is -0.308 e. The Morgan fingerprint density at radius 1 is 1.04 bits per heavy atom. The Hall–Kier alpha value is -2.60. The molecule has 0 radical (unpaired) electrons. The van der Waals surface area contributed by atoms with E-state index in [1.54, 1.807) is 4.68 Å². The number of urea groups is 1. The van der Waals surface area contributed by atoms with Crippen molar-refractivity contribution in [1.29, 1.82) is 0 Å². The Balaban J connectivity index is 1.57. The molecular weight excluding hydrogens is 392 g/mol. The number of halogens is 1. The predicted octanol–water partition coefficient (Wildman–Crippen LogP) is 5.55. The van der Waals surface area contributed by atoms with Crippen LogP contribution in [0.5, 0.6) is 0 Å². The normalized spacial score (nSPS) is 13.9. The summed E-state index contributed by atoms with van der Waals surface area (Å²) < 4.78 is 2.77. The van der Waals surface area contributed by atoms with Crippen LogP contribution < -0.4 is 10.6 Å². The Bertz CT molecular complexity index is 901. The molecule has 2 amide bonds. The van der Waals surface area contributed by atoms with E-state index in [0.29, 0.717) is 11.7 Å². The summed E-state index contributed by atoms with van der Waals surface area (Å²) >= 11 is 3.39. The fourth-order valence-corrected chi connectivity index (χ4v) is 3.23. The summed E-state index contributed by atoms with van der Waals surface area (Å²) in [4.78, 5) is 12.4. The van der Waals surface area contributed by atoms with Gasteiger partial charge in [0.05, 0.1) is 11.4 Å². The van der Waals surface area contributed by atoms with Crippen LogP contribution in [0.1, 0.15) is 30.9 Å². The van der Waals surface area contributed by atoms with Crippen molar-refractivity contribution >= 4 is 33.5 Å². The number of para-hydroxylation sites is 1. The molecule has 132 valence electrons. The van der Waals surface area contributed by atoms with Gasteiger partial charge in [-0.15, -0.1) is 0 Å². The van der Waals surface area contributed by atoms with Crippen LogP contribution in [0.3, 0.4) is 0 Å². The number of anilines is 2. The van der Waals surface area contributed by atoms with Gasteiger partial charge >= 0.3 is 6.03 Å². The van der Waals surface area contributed by atoms with Crippen LogP contribution in [0, 0.1) is 0 Å². The molecule has 4 rings (SSSR count). The standard InChI is InChI=1S/C20H19BrN4O/c21-15-9-11-16(12-10-15)22-20(26)23-19-13-18(14-5-4-6-14)24-25(19)17-7-2-1-3-8-17/h1-3,7-14H,4-6H2,(H2,22,23,26). The molecule has 2 aromatic carbocycles. The highest BCUT2D eigenvalue weighted by molar-refractivity contribution is 9.10. The first-order chi connectivity index (χ1) is 12.7. The van der Waals surface area contributed by atoms with Crippen LogP contribution >= 0.6 is 15.9 Å². The summed E-state index contributed by atoms with van der Waals surface area (Å²) in [6.07, 6.45) is 3.57. The number of benzene rings is 2. The van der Waals surface area contributed by atoms with Crippen molar-refractivity contribution in [1.82, 2.24) is 9.78 Å². The number of amides is 2. The second kappa shape index (κ2) is 7.33. The van der Waals surface area contributed by atoms with Gasteiger partial charge in [-0.2, -0.15) is 5.10 Å². The number of carbonyl (C=O) groups is 1. The Morgan fingerprint density at radius 3 is 2.42 bits per heavy atom. The number of nitrogens with one attached hydrogen (secondary N) is 2. The van der Waals surface area contributed by atoms with E-state index in [1.807, 2.05) is 60.7 Å². The second-order valence-electron chi connectivity index (χ2n) is 6.42. The monoisotopic (exact) mass is 410 g/mol. The molecule has 0 atom stereocenters. The van der Waals surface area contributed by atoms with Crippen LogP contribution in [0.15, 0.2) is 65.1 Å². The van der Waals surface area contributed by atoms with E-state index < -0.39 is 0 Å². The van der Waals surface area contributed by atoms with E-state index in [1.165, 1.54) is 6.42 Å². The molecule has 0 unspecified atom stereocenters. The van der Waals surface area contributed by atoms with Crippen molar-refractivity contribution in [3.05, 3.63) is 70.8 Å².